The Morgan fingerprint density at radius 2 is 1.97 bits per heavy atom. The summed E-state index contributed by atoms with van der Waals surface area (Å²) in [5, 5.41) is 9.93. The number of nitrogens with one attached hydrogen (secondary N) is 1. The van der Waals surface area contributed by atoms with E-state index in [-0.39, 0.29) is 11.7 Å². The number of ether oxygens (including phenoxy) is 2. The number of fused-ring (bicyclic) bond motifs is 2. The first-order chi connectivity index (χ1) is 14.0. The largest absolute Gasteiger partial charge is 0.508 e. The van der Waals surface area contributed by atoms with Gasteiger partial charge in [0, 0.05) is 11.6 Å². The highest BCUT2D eigenvalue weighted by atomic mass is 16.5. The molecule has 2 aromatic carbocycles. The summed E-state index contributed by atoms with van der Waals surface area (Å²) in [5.74, 6) is 2.46. The summed E-state index contributed by atoms with van der Waals surface area (Å²) in [5.41, 5.74) is 9.44. The monoisotopic (exact) mass is 394 g/mol. The highest BCUT2D eigenvalue weighted by Crippen LogP contribution is 2.48. The minimum Gasteiger partial charge on any atom is -0.508 e. The van der Waals surface area contributed by atoms with E-state index in [0.717, 1.165) is 35.5 Å². The Morgan fingerprint density at radius 3 is 2.66 bits per heavy atom. The quantitative estimate of drug-likeness (QED) is 0.441. The van der Waals surface area contributed by atoms with E-state index in [0.29, 0.717) is 17.4 Å². The number of phenolic OH excluding ortho intramolecular Hbond substituents is 1. The second kappa shape index (κ2) is 7.60. The van der Waals surface area contributed by atoms with E-state index in [1.54, 1.807) is 25.6 Å². The molecule has 1 atom stereocenters. The molecular weight excluding hydrogens is 368 g/mol. The van der Waals surface area contributed by atoms with Crippen molar-refractivity contribution in [3.05, 3.63) is 65.5 Å². The van der Waals surface area contributed by atoms with Crippen LogP contribution in [0.3, 0.4) is 0 Å². The van der Waals surface area contributed by atoms with E-state index < -0.39 is 0 Å². The summed E-state index contributed by atoms with van der Waals surface area (Å²) >= 11 is 0. The van der Waals surface area contributed by atoms with Gasteiger partial charge in [-0.1, -0.05) is 23.2 Å². The molecule has 29 heavy (non-hydrogen) atoms. The van der Waals surface area contributed by atoms with Gasteiger partial charge in [0.15, 0.2) is 0 Å². The lowest BCUT2D eigenvalue weighted by Gasteiger charge is -2.27. The first-order valence-corrected chi connectivity index (χ1v) is 9.59. The number of aromatic nitrogens is 2. The number of hydrogen-bond acceptors (Lipinski definition) is 5. The van der Waals surface area contributed by atoms with Gasteiger partial charge < -0.3 is 25.2 Å². The van der Waals surface area contributed by atoms with Crippen LogP contribution in [0.2, 0.25) is 0 Å². The molecule has 4 N–H and O–H groups in total. The molecule has 0 bridgehead atoms. The van der Waals surface area contributed by atoms with Crippen molar-refractivity contribution in [2.24, 2.45) is 0 Å². The van der Waals surface area contributed by atoms with Crippen LogP contribution in [0.4, 0.5) is 5.82 Å². The highest BCUT2D eigenvalue weighted by molar-refractivity contribution is 5.62. The maximum Gasteiger partial charge on any atom is 0.306 e. The molecule has 4 rings (SSSR count). The average molecular weight is 394 g/mol. The zero-order chi connectivity index (χ0) is 20.5. The van der Waals surface area contributed by atoms with Gasteiger partial charge in [-0.3, -0.25) is 0 Å². The van der Waals surface area contributed by atoms with Crippen molar-refractivity contribution >= 4 is 5.82 Å². The summed E-state index contributed by atoms with van der Waals surface area (Å²) in [6, 6.07) is 13.1. The number of likely N-dealkylation sites (N-methyl/N-ethyl adjacent to an activating group) is 1. The zero-order valence-corrected chi connectivity index (χ0v) is 16.8. The van der Waals surface area contributed by atoms with Gasteiger partial charge in [-0.05, 0) is 23.8 Å². The summed E-state index contributed by atoms with van der Waals surface area (Å²) in [6.45, 7) is 1.68. The number of nitrogens with two attached hydrogens (primary N) is 1. The van der Waals surface area contributed by atoms with Gasteiger partial charge in [-0.2, -0.15) is 0 Å². The Hall–Kier alpha value is -3.32. The van der Waals surface area contributed by atoms with Crippen LogP contribution >= 0.6 is 0 Å². The summed E-state index contributed by atoms with van der Waals surface area (Å²) in [7, 11) is 5.86. The smallest absolute Gasteiger partial charge is 0.306 e. The molecule has 7 nitrogen and oxygen atoms in total. The van der Waals surface area contributed by atoms with E-state index in [4.69, 9.17) is 15.2 Å². The second-order valence-corrected chi connectivity index (χ2v) is 7.53. The lowest BCUT2D eigenvalue weighted by atomic mass is 9.83. The first-order valence-electron chi connectivity index (χ1n) is 9.59. The van der Waals surface area contributed by atoms with Gasteiger partial charge in [0.25, 0.3) is 0 Å². The fourth-order valence-corrected chi connectivity index (χ4v) is 3.65. The number of hydrogen-bond donors (Lipinski definition) is 3. The van der Waals surface area contributed by atoms with Crippen molar-refractivity contribution in [1.29, 1.82) is 0 Å². The molecular formula is C22H26N4O3+2. The Balaban J connectivity index is 1.87. The highest BCUT2D eigenvalue weighted by Gasteiger charge is 2.36. The molecule has 1 aliphatic heterocycles. The van der Waals surface area contributed by atoms with Crippen LogP contribution in [0.25, 0.3) is 0 Å². The maximum absolute atomic E-state index is 9.93. The minimum absolute atomic E-state index is 0.147. The normalized spacial score (nSPS) is 14.8. The van der Waals surface area contributed by atoms with Crippen molar-refractivity contribution in [1.82, 2.24) is 4.98 Å². The Kier molecular flexibility index (Phi) is 4.98. The van der Waals surface area contributed by atoms with E-state index in [9.17, 15) is 5.11 Å². The molecule has 0 fully saturated rings. The van der Waals surface area contributed by atoms with Crippen molar-refractivity contribution in [2.75, 3.05) is 33.5 Å². The minimum atomic E-state index is -0.160. The third-order valence-electron chi connectivity index (χ3n) is 5.24. The van der Waals surface area contributed by atoms with Gasteiger partial charge >= 0.3 is 5.88 Å². The first kappa shape index (κ1) is 19.0. The number of aromatic hydroxyl groups is 1. The molecule has 1 aromatic heterocycles. The second-order valence-electron chi connectivity index (χ2n) is 7.53. The number of anilines is 1. The van der Waals surface area contributed by atoms with Crippen molar-refractivity contribution in [3.8, 4) is 23.1 Å². The molecule has 0 amide bonds. The molecule has 0 spiro atoms. The van der Waals surface area contributed by atoms with Crippen LogP contribution < -0.4 is 24.7 Å². The zero-order valence-electron chi connectivity index (χ0n) is 16.8. The van der Waals surface area contributed by atoms with Crippen LogP contribution in [0, 0.1) is 0 Å². The van der Waals surface area contributed by atoms with Crippen LogP contribution in [0.5, 0.6) is 23.1 Å². The number of benzene rings is 2. The van der Waals surface area contributed by atoms with E-state index in [1.165, 1.54) is 4.90 Å². The third kappa shape index (κ3) is 3.56. The predicted octanol–water partition coefficient (Wildman–Crippen LogP) is 1.10. The molecule has 0 aliphatic carbocycles. The summed E-state index contributed by atoms with van der Waals surface area (Å²) in [4.78, 5) is 5.87. The van der Waals surface area contributed by atoms with Gasteiger partial charge in [0.05, 0.1) is 27.1 Å². The molecule has 150 valence electrons. The third-order valence-corrected chi connectivity index (χ3v) is 5.24. The van der Waals surface area contributed by atoms with E-state index >= 15 is 0 Å². The van der Waals surface area contributed by atoms with Gasteiger partial charge in [0.1, 0.15) is 35.9 Å². The Bertz CT molecular complexity index is 1030. The van der Waals surface area contributed by atoms with Crippen molar-refractivity contribution in [3.63, 3.8) is 0 Å². The number of methoxy groups -OCH3 is 1. The fourth-order valence-electron chi connectivity index (χ4n) is 3.65. The summed E-state index contributed by atoms with van der Waals surface area (Å²) < 4.78 is 13.3. The number of nitrogens with zero attached hydrogens (tertiary/aromatic N) is 2. The van der Waals surface area contributed by atoms with Crippen LogP contribution in [0.15, 0.2) is 48.8 Å². The Morgan fingerprint density at radius 1 is 1.21 bits per heavy atom. The lowest BCUT2D eigenvalue weighted by molar-refractivity contribution is -0.882. The van der Waals surface area contributed by atoms with Crippen LogP contribution in [0.1, 0.15) is 22.6 Å². The van der Waals surface area contributed by atoms with Gasteiger partial charge in [0.2, 0.25) is 12.1 Å². The number of rotatable bonds is 5. The van der Waals surface area contributed by atoms with E-state index in [2.05, 4.69) is 19.1 Å². The SMILES string of the molecule is COc1ccc([C@H]2c3ccc(O)cc3Oc3nc[n+](CC[NH+](C)C)c(N)c32)cc1. The standard InChI is InChI=1S/C22H24N4O3/c1-25(2)10-11-26-13-24-22-20(21(26)23)19(14-4-7-16(28-3)8-5-14)17-9-6-15(27)12-18(17)29-22/h4-9,12-13,19,23,27H,10-11H2,1-3H3/p+2/t19-/m0/s1. The van der Waals surface area contributed by atoms with Crippen molar-refractivity contribution < 1.29 is 24.0 Å². The molecule has 0 radical (unpaired) electrons. The predicted molar refractivity (Wildman–Crippen MR) is 109 cm³/mol. The molecule has 2 heterocycles. The summed E-state index contributed by atoms with van der Waals surface area (Å²) in [6.07, 6.45) is 1.72. The number of phenols is 1. The molecule has 0 saturated carbocycles. The number of quaternary nitrogens is 1. The van der Waals surface area contributed by atoms with Gasteiger partial charge in [-0.15, -0.1) is 0 Å². The lowest BCUT2D eigenvalue weighted by Crippen LogP contribution is -3.06. The van der Waals surface area contributed by atoms with Crippen LogP contribution in [-0.2, 0) is 6.54 Å². The fraction of sp³-hybridized carbons (Fsp3) is 0.273. The van der Waals surface area contributed by atoms with Crippen LogP contribution in [-0.4, -0.2) is 37.8 Å². The molecule has 3 aromatic rings. The number of nitrogen functional groups attached to an aromatic ring is 1. The van der Waals surface area contributed by atoms with E-state index in [1.807, 2.05) is 34.9 Å². The maximum atomic E-state index is 9.93. The molecule has 0 unspecified atom stereocenters. The molecule has 7 heteroatoms. The Labute approximate surface area is 169 Å². The van der Waals surface area contributed by atoms with Gasteiger partial charge in [-0.25, -0.2) is 4.57 Å². The molecule has 1 aliphatic rings. The molecule has 0 saturated heterocycles. The topological polar surface area (TPSA) is 85.9 Å². The van der Waals surface area contributed by atoms with Crippen molar-refractivity contribution in [2.45, 2.75) is 12.5 Å². The average Bonchev–Trinajstić information content (AvgIpc) is 2.71.